The third-order valence-corrected chi connectivity index (χ3v) is 3.59. The number of amides is 2. The summed E-state index contributed by atoms with van der Waals surface area (Å²) in [4.78, 5) is 23.5. The van der Waals surface area contributed by atoms with Gasteiger partial charge in [0, 0.05) is 24.2 Å². The number of carbonyl (C=O) groups is 2. The van der Waals surface area contributed by atoms with Crippen LogP contribution in [0.4, 0.5) is 5.69 Å². The van der Waals surface area contributed by atoms with Crippen molar-refractivity contribution < 1.29 is 14.3 Å². The zero-order valence-corrected chi connectivity index (χ0v) is 14.3. The summed E-state index contributed by atoms with van der Waals surface area (Å²) in [6.07, 6.45) is 0.667. The van der Waals surface area contributed by atoms with Crippen LogP contribution in [0, 0.1) is 0 Å². The van der Waals surface area contributed by atoms with Crippen LogP contribution in [0.25, 0.3) is 0 Å². The number of nitrogens with one attached hydrogen (secondary N) is 2. The van der Waals surface area contributed by atoms with Crippen molar-refractivity contribution in [1.82, 2.24) is 5.32 Å². The van der Waals surface area contributed by atoms with Gasteiger partial charge in [-0.3, -0.25) is 9.59 Å². The van der Waals surface area contributed by atoms with E-state index in [2.05, 4.69) is 10.6 Å². The lowest BCUT2D eigenvalue weighted by Gasteiger charge is -2.11. The molecule has 2 aromatic carbocycles. The first-order valence-electron chi connectivity index (χ1n) is 7.48. The van der Waals surface area contributed by atoms with Gasteiger partial charge in [0.15, 0.2) is 0 Å². The van der Waals surface area contributed by atoms with Crippen molar-refractivity contribution in [3.63, 3.8) is 0 Å². The van der Waals surface area contributed by atoms with Gasteiger partial charge in [-0.1, -0.05) is 23.7 Å². The topological polar surface area (TPSA) is 67.4 Å². The maximum absolute atomic E-state index is 12.4. The quantitative estimate of drug-likeness (QED) is 0.843. The lowest BCUT2D eigenvalue weighted by molar-refractivity contribution is -0.114. The Hall–Kier alpha value is -2.53. The summed E-state index contributed by atoms with van der Waals surface area (Å²) in [5.74, 6) is -0.0158. The minimum atomic E-state index is -0.263. The number of carbonyl (C=O) groups excluding carboxylic acids is 2. The minimum Gasteiger partial charge on any atom is -0.496 e. The number of ether oxygens (including phenoxy) is 1. The van der Waals surface area contributed by atoms with E-state index >= 15 is 0 Å². The van der Waals surface area contributed by atoms with Crippen molar-refractivity contribution in [3.8, 4) is 5.75 Å². The van der Waals surface area contributed by atoms with Gasteiger partial charge in [0.1, 0.15) is 5.75 Å². The predicted octanol–water partition coefficient (Wildman–Crippen LogP) is 3.28. The van der Waals surface area contributed by atoms with Gasteiger partial charge in [0.05, 0.1) is 12.7 Å². The van der Waals surface area contributed by atoms with E-state index < -0.39 is 0 Å². The van der Waals surface area contributed by atoms with Crippen LogP contribution in [-0.2, 0) is 11.2 Å². The second-order valence-corrected chi connectivity index (χ2v) is 5.67. The second kappa shape index (κ2) is 8.36. The SMILES string of the molecule is COc1ccc(NC(C)=O)cc1C(=O)NCCc1cccc(Cl)c1. The zero-order chi connectivity index (χ0) is 17.5. The maximum atomic E-state index is 12.4. The van der Waals surface area contributed by atoms with E-state index in [1.54, 1.807) is 18.2 Å². The van der Waals surface area contributed by atoms with Crippen LogP contribution in [0.5, 0.6) is 5.75 Å². The third-order valence-electron chi connectivity index (χ3n) is 3.35. The Bertz CT molecular complexity index is 747. The Morgan fingerprint density at radius 1 is 1.17 bits per heavy atom. The molecule has 0 saturated heterocycles. The van der Waals surface area contributed by atoms with Gasteiger partial charge >= 0.3 is 0 Å². The molecule has 0 aliphatic carbocycles. The second-order valence-electron chi connectivity index (χ2n) is 5.23. The molecule has 2 rings (SSSR count). The van der Waals surface area contributed by atoms with E-state index in [9.17, 15) is 9.59 Å². The summed E-state index contributed by atoms with van der Waals surface area (Å²) in [6, 6.07) is 12.4. The molecule has 2 N–H and O–H groups in total. The van der Waals surface area contributed by atoms with Gasteiger partial charge in [-0.05, 0) is 42.3 Å². The first kappa shape index (κ1) is 17.8. The number of hydrogen-bond acceptors (Lipinski definition) is 3. The van der Waals surface area contributed by atoms with E-state index in [0.717, 1.165) is 5.56 Å². The van der Waals surface area contributed by atoms with E-state index in [-0.39, 0.29) is 11.8 Å². The number of methoxy groups -OCH3 is 1. The van der Waals surface area contributed by atoms with Crippen LogP contribution >= 0.6 is 11.6 Å². The van der Waals surface area contributed by atoms with Crippen LogP contribution in [0.15, 0.2) is 42.5 Å². The van der Waals surface area contributed by atoms with Crippen molar-refractivity contribution in [2.45, 2.75) is 13.3 Å². The normalized spacial score (nSPS) is 10.1. The molecule has 0 aliphatic heterocycles. The molecule has 0 bridgehead atoms. The van der Waals surface area contributed by atoms with Gasteiger partial charge in [0.25, 0.3) is 5.91 Å². The molecule has 0 aromatic heterocycles. The standard InChI is InChI=1S/C18H19ClN2O3/c1-12(22)21-15-6-7-17(24-2)16(11-15)18(23)20-9-8-13-4-3-5-14(19)10-13/h3-7,10-11H,8-9H2,1-2H3,(H,20,23)(H,21,22). The Balaban J connectivity index is 2.03. The molecular formula is C18H19ClN2O3. The molecular weight excluding hydrogens is 328 g/mol. The first-order valence-corrected chi connectivity index (χ1v) is 7.85. The van der Waals surface area contributed by atoms with Crippen LogP contribution in [0.1, 0.15) is 22.8 Å². The van der Waals surface area contributed by atoms with Gasteiger partial charge < -0.3 is 15.4 Å². The van der Waals surface area contributed by atoms with Crippen LogP contribution in [-0.4, -0.2) is 25.5 Å². The fourth-order valence-corrected chi connectivity index (χ4v) is 2.49. The molecule has 0 heterocycles. The van der Waals surface area contributed by atoms with Crippen LogP contribution < -0.4 is 15.4 Å². The number of rotatable bonds is 6. The van der Waals surface area contributed by atoms with Crippen LogP contribution in [0.3, 0.4) is 0 Å². The summed E-state index contributed by atoms with van der Waals surface area (Å²) in [5.41, 5.74) is 1.96. The van der Waals surface area contributed by atoms with Crippen molar-refractivity contribution in [2.75, 3.05) is 19.0 Å². The average Bonchev–Trinajstić information content (AvgIpc) is 2.54. The third kappa shape index (κ3) is 4.99. The first-order chi connectivity index (χ1) is 11.5. The largest absolute Gasteiger partial charge is 0.496 e. The summed E-state index contributed by atoms with van der Waals surface area (Å²) < 4.78 is 5.22. The Labute approximate surface area is 146 Å². The predicted molar refractivity (Wildman–Crippen MR) is 94.8 cm³/mol. The maximum Gasteiger partial charge on any atom is 0.255 e. The highest BCUT2D eigenvalue weighted by Crippen LogP contribution is 2.22. The van der Waals surface area contributed by atoms with E-state index in [4.69, 9.17) is 16.3 Å². The smallest absolute Gasteiger partial charge is 0.255 e. The highest BCUT2D eigenvalue weighted by molar-refractivity contribution is 6.30. The molecule has 0 saturated carbocycles. The number of hydrogen-bond donors (Lipinski definition) is 2. The molecule has 0 spiro atoms. The van der Waals surface area contributed by atoms with Crippen molar-refractivity contribution >= 4 is 29.1 Å². The fraction of sp³-hybridized carbons (Fsp3) is 0.222. The number of anilines is 1. The van der Waals surface area contributed by atoms with E-state index in [1.165, 1.54) is 14.0 Å². The summed E-state index contributed by atoms with van der Waals surface area (Å²) in [7, 11) is 1.50. The Morgan fingerprint density at radius 2 is 1.96 bits per heavy atom. The lowest BCUT2D eigenvalue weighted by atomic mass is 10.1. The molecule has 0 aliphatic rings. The van der Waals surface area contributed by atoms with E-state index in [1.807, 2.05) is 24.3 Å². The van der Waals surface area contributed by atoms with Crippen molar-refractivity contribution in [1.29, 1.82) is 0 Å². The molecule has 0 fully saturated rings. The highest BCUT2D eigenvalue weighted by atomic mass is 35.5. The summed E-state index contributed by atoms with van der Waals surface area (Å²) in [6.45, 7) is 1.88. The monoisotopic (exact) mass is 346 g/mol. The highest BCUT2D eigenvalue weighted by Gasteiger charge is 2.13. The van der Waals surface area contributed by atoms with Gasteiger partial charge in [-0.15, -0.1) is 0 Å². The van der Waals surface area contributed by atoms with Crippen molar-refractivity contribution in [2.24, 2.45) is 0 Å². The minimum absolute atomic E-state index is 0.201. The zero-order valence-electron chi connectivity index (χ0n) is 13.6. The molecule has 0 atom stereocenters. The molecule has 24 heavy (non-hydrogen) atoms. The fourth-order valence-electron chi connectivity index (χ4n) is 2.27. The molecule has 126 valence electrons. The Morgan fingerprint density at radius 3 is 2.62 bits per heavy atom. The molecule has 2 amide bonds. The number of halogens is 1. The van der Waals surface area contributed by atoms with Gasteiger partial charge in [-0.25, -0.2) is 0 Å². The molecule has 2 aromatic rings. The molecule has 0 radical (unpaired) electrons. The molecule has 0 unspecified atom stereocenters. The van der Waals surface area contributed by atoms with Crippen LogP contribution in [0.2, 0.25) is 5.02 Å². The van der Waals surface area contributed by atoms with E-state index in [0.29, 0.717) is 35.0 Å². The summed E-state index contributed by atoms with van der Waals surface area (Å²) >= 11 is 5.94. The Kier molecular flexibility index (Phi) is 6.21. The average molecular weight is 347 g/mol. The van der Waals surface area contributed by atoms with Gasteiger partial charge in [0.2, 0.25) is 5.91 Å². The van der Waals surface area contributed by atoms with Crippen molar-refractivity contribution in [3.05, 3.63) is 58.6 Å². The lowest BCUT2D eigenvalue weighted by Crippen LogP contribution is -2.26. The molecule has 6 heteroatoms. The molecule has 5 nitrogen and oxygen atoms in total. The summed E-state index contributed by atoms with van der Waals surface area (Å²) in [5, 5.41) is 6.17. The number of benzene rings is 2. The van der Waals surface area contributed by atoms with Gasteiger partial charge in [-0.2, -0.15) is 0 Å².